The van der Waals surface area contributed by atoms with Crippen LogP contribution in [0.4, 0.5) is 0 Å². The minimum Gasteiger partial charge on any atom is -0.316 e. The summed E-state index contributed by atoms with van der Waals surface area (Å²) in [5, 5.41) is 3.70. The molecule has 0 fully saturated rings. The topological polar surface area (TPSA) is 29.1 Å². The predicted molar refractivity (Wildman–Crippen MR) is 188 cm³/mol. The van der Waals surface area contributed by atoms with Crippen molar-refractivity contribution in [3.05, 3.63) is 112 Å². The van der Waals surface area contributed by atoms with Gasteiger partial charge in [0.2, 0.25) is 0 Å². The molecule has 2 heteroatoms. The van der Waals surface area contributed by atoms with E-state index >= 15 is 0 Å². The van der Waals surface area contributed by atoms with E-state index in [4.69, 9.17) is 0 Å². The second-order valence-electron chi connectivity index (χ2n) is 12.5. The maximum absolute atomic E-state index is 11.7. The summed E-state index contributed by atoms with van der Waals surface area (Å²) in [6.45, 7) is 14.8. The van der Waals surface area contributed by atoms with Crippen molar-refractivity contribution in [2.45, 2.75) is 106 Å². The number of fused-ring (bicyclic) bond motifs is 1. The van der Waals surface area contributed by atoms with Gasteiger partial charge in [-0.15, -0.1) is 0 Å². The monoisotopic (exact) mass is 579 g/mol. The number of carbonyl (C=O) groups is 1. The SMILES string of the molecule is CC.CCC(CCCNCCC1=CC=C(C)CC=C1)CC1CC/C(C)=C(/Cc2ccc(C(C)=O)cc2)c2ccccc2C1. The molecule has 0 aliphatic heterocycles. The lowest BCUT2D eigenvalue weighted by molar-refractivity contribution is 0.101. The Labute approximate surface area is 263 Å². The van der Waals surface area contributed by atoms with Gasteiger partial charge in [0.25, 0.3) is 0 Å². The molecule has 1 N–H and O–H groups in total. The Morgan fingerprint density at radius 3 is 2.51 bits per heavy atom. The van der Waals surface area contributed by atoms with Crippen LogP contribution in [0, 0.1) is 11.8 Å². The molecule has 2 nitrogen and oxygen atoms in total. The first-order valence-electron chi connectivity index (χ1n) is 17.0. The first-order chi connectivity index (χ1) is 20.9. The molecular formula is C41H57NO. The fourth-order valence-electron chi connectivity index (χ4n) is 6.49. The number of carbonyl (C=O) groups excluding carboxylic acids is 1. The fourth-order valence-corrected chi connectivity index (χ4v) is 6.49. The van der Waals surface area contributed by atoms with Gasteiger partial charge in [0.1, 0.15) is 0 Å². The third-order valence-electron chi connectivity index (χ3n) is 9.19. The van der Waals surface area contributed by atoms with Crippen molar-refractivity contribution in [1.29, 1.82) is 0 Å². The average Bonchev–Trinajstić information content (AvgIpc) is 3.24. The largest absolute Gasteiger partial charge is 0.316 e. The van der Waals surface area contributed by atoms with Crippen LogP contribution in [-0.2, 0) is 12.8 Å². The molecule has 0 saturated heterocycles. The van der Waals surface area contributed by atoms with Crippen molar-refractivity contribution in [2.75, 3.05) is 13.1 Å². The zero-order valence-corrected chi connectivity index (χ0v) is 28.0. The van der Waals surface area contributed by atoms with Gasteiger partial charge in [0.15, 0.2) is 5.78 Å². The van der Waals surface area contributed by atoms with Crippen LogP contribution in [0.3, 0.4) is 0 Å². The van der Waals surface area contributed by atoms with Gasteiger partial charge >= 0.3 is 0 Å². The lowest BCUT2D eigenvalue weighted by Crippen LogP contribution is -2.19. The van der Waals surface area contributed by atoms with Crippen LogP contribution in [0.5, 0.6) is 0 Å². The Bertz CT molecular complexity index is 1270. The van der Waals surface area contributed by atoms with Gasteiger partial charge in [0.05, 0.1) is 0 Å². The Kier molecular flexibility index (Phi) is 15.0. The molecule has 232 valence electrons. The van der Waals surface area contributed by atoms with Crippen LogP contribution in [0.2, 0.25) is 0 Å². The highest BCUT2D eigenvalue weighted by molar-refractivity contribution is 5.94. The Morgan fingerprint density at radius 2 is 1.77 bits per heavy atom. The molecule has 4 rings (SSSR count). The molecule has 2 atom stereocenters. The van der Waals surface area contributed by atoms with Crippen LogP contribution in [0.1, 0.15) is 120 Å². The first kappa shape index (κ1) is 34.5. The molecule has 0 heterocycles. The normalized spacial score (nSPS) is 19.1. The predicted octanol–water partition coefficient (Wildman–Crippen LogP) is 10.9. The molecule has 2 aliphatic carbocycles. The average molecular weight is 580 g/mol. The van der Waals surface area contributed by atoms with Crippen molar-refractivity contribution in [2.24, 2.45) is 11.8 Å². The van der Waals surface area contributed by atoms with E-state index in [1.54, 1.807) is 6.92 Å². The first-order valence-corrected chi connectivity index (χ1v) is 17.0. The summed E-state index contributed by atoms with van der Waals surface area (Å²) >= 11 is 0. The van der Waals surface area contributed by atoms with Gasteiger partial charge in [0, 0.05) is 5.56 Å². The summed E-state index contributed by atoms with van der Waals surface area (Å²) in [6.07, 6.45) is 21.1. The zero-order valence-electron chi connectivity index (χ0n) is 28.0. The van der Waals surface area contributed by atoms with Crippen molar-refractivity contribution < 1.29 is 4.79 Å². The third kappa shape index (κ3) is 11.2. The molecule has 2 unspecified atom stereocenters. The van der Waals surface area contributed by atoms with E-state index in [1.807, 2.05) is 26.0 Å². The highest BCUT2D eigenvalue weighted by atomic mass is 16.1. The van der Waals surface area contributed by atoms with Crippen LogP contribution in [0.15, 0.2) is 89.6 Å². The van der Waals surface area contributed by atoms with Gasteiger partial charge in [-0.05, 0) is 131 Å². The maximum Gasteiger partial charge on any atom is 0.159 e. The summed E-state index contributed by atoms with van der Waals surface area (Å²) in [4.78, 5) is 11.7. The number of nitrogens with one attached hydrogen (secondary N) is 1. The minimum atomic E-state index is 0.129. The lowest BCUT2D eigenvalue weighted by atomic mass is 9.77. The van der Waals surface area contributed by atoms with Crippen LogP contribution in [-0.4, -0.2) is 18.9 Å². The summed E-state index contributed by atoms with van der Waals surface area (Å²) in [5.74, 6) is 1.67. The second kappa shape index (κ2) is 18.6. The van der Waals surface area contributed by atoms with E-state index in [9.17, 15) is 4.79 Å². The summed E-state index contributed by atoms with van der Waals surface area (Å²) in [6, 6.07) is 17.3. The van der Waals surface area contributed by atoms with Crippen LogP contribution in [0.25, 0.3) is 5.57 Å². The summed E-state index contributed by atoms with van der Waals surface area (Å²) < 4.78 is 0. The number of allylic oxidation sites excluding steroid dienone is 7. The molecule has 2 aliphatic rings. The number of ketones is 1. The number of rotatable bonds is 13. The number of Topliss-reactive ketones (excluding diaryl/α,β-unsaturated/α-hetero) is 1. The molecule has 0 radical (unpaired) electrons. The molecular weight excluding hydrogens is 522 g/mol. The summed E-state index contributed by atoms with van der Waals surface area (Å²) in [5.41, 5.74) is 10.9. The fraction of sp³-hybridized carbons (Fsp3) is 0.488. The Hall–Kier alpha value is -2.97. The van der Waals surface area contributed by atoms with Crippen LogP contribution >= 0.6 is 0 Å². The highest BCUT2D eigenvalue weighted by Gasteiger charge is 2.22. The van der Waals surface area contributed by atoms with E-state index in [0.717, 1.165) is 49.8 Å². The molecule has 0 spiro atoms. The van der Waals surface area contributed by atoms with Crippen LogP contribution < -0.4 is 5.32 Å². The maximum atomic E-state index is 11.7. The van der Waals surface area contributed by atoms with E-state index in [2.05, 4.69) is 86.8 Å². The van der Waals surface area contributed by atoms with Crippen molar-refractivity contribution in [3.63, 3.8) is 0 Å². The van der Waals surface area contributed by atoms with E-state index in [0.29, 0.717) is 0 Å². The van der Waals surface area contributed by atoms with Gasteiger partial charge in [-0.1, -0.05) is 111 Å². The standard InChI is InChI=1S/C39H51NO.C2H6/c1-5-32(12-9-24-40-25-23-33-11-8-10-29(2)15-17-33)26-35-18-16-30(3)39(38-14-7-6-13-37(38)27-35)28-34-19-21-36(22-20-34)31(4)41;1-2/h6-8,11,13-15,17,19-22,32,35,40H,5,9-10,12,16,18,23-28H2,1-4H3;1-2H3/b39-30-;. The number of hydrogen-bond acceptors (Lipinski definition) is 2. The molecule has 2 aromatic carbocycles. The highest BCUT2D eigenvalue weighted by Crippen LogP contribution is 2.36. The van der Waals surface area contributed by atoms with Gasteiger partial charge in [-0.25, -0.2) is 0 Å². The quantitative estimate of drug-likeness (QED) is 0.189. The van der Waals surface area contributed by atoms with Gasteiger partial charge in [-0.3, -0.25) is 4.79 Å². The summed E-state index contributed by atoms with van der Waals surface area (Å²) in [7, 11) is 0. The third-order valence-corrected chi connectivity index (χ3v) is 9.19. The van der Waals surface area contributed by atoms with Crippen molar-refractivity contribution in [1.82, 2.24) is 5.32 Å². The molecule has 0 aromatic heterocycles. The number of hydrogen-bond donors (Lipinski definition) is 1. The molecule has 0 amide bonds. The smallest absolute Gasteiger partial charge is 0.159 e. The van der Waals surface area contributed by atoms with Crippen molar-refractivity contribution in [3.8, 4) is 0 Å². The van der Waals surface area contributed by atoms with Crippen molar-refractivity contribution >= 4 is 11.4 Å². The van der Waals surface area contributed by atoms with Gasteiger partial charge in [-0.2, -0.15) is 0 Å². The van der Waals surface area contributed by atoms with Gasteiger partial charge < -0.3 is 5.32 Å². The number of benzene rings is 2. The Balaban J connectivity index is 0.00000248. The minimum absolute atomic E-state index is 0.129. The van der Waals surface area contributed by atoms with E-state index in [-0.39, 0.29) is 5.78 Å². The lowest BCUT2D eigenvalue weighted by Gasteiger charge is -2.28. The second-order valence-corrected chi connectivity index (χ2v) is 12.5. The van der Waals surface area contributed by atoms with E-state index in [1.165, 1.54) is 83.9 Å². The van der Waals surface area contributed by atoms with E-state index < -0.39 is 0 Å². The Morgan fingerprint density at radius 1 is 1.00 bits per heavy atom. The molecule has 0 bridgehead atoms. The molecule has 0 saturated carbocycles. The molecule has 43 heavy (non-hydrogen) atoms. The zero-order chi connectivity index (χ0) is 31.0. The molecule has 2 aromatic rings.